The number of halogens is 1. The van der Waals surface area contributed by atoms with Gasteiger partial charge in [-0.15, -0.1) is 0 Å². The minimum absolute atomic E-state index is 0.0100. The Hall–Kier alpha value is -2.96. The van der Waals surface area contributed by atoms with Crippen molar-refractivity contribution in [3.63, 3.8) is 0 Å². The standard InChI is InChI=1S/C34H52FN3O3/c1-7-11-17-25(5)24-41-34-36-31(10-4)29(20-13-12-19-28-30(35)21-16-22-32(28)40)33(37-34)38(26(6)8-2)23-15-14-18-27(39)9-3/h9,16,21-22,25-26,40H,3,7-8,10-15,17-20,23-24H2,1-2,4-6H3/t25-,26-/m0/s1. The van der Waals surface area contributed by atoms with Gasteiger partial charge in [0.2, 0.25) is 0 Å². The number of carbonyl (C=O) groups is 1. The van der Waals surface area contributed by atoms with E-state index in [0.29, 0.717) is 36.9 Å². The van der Waals surface area contributed by atoms with Gasteiger partial charge < -0.3 is 14.7 Å². The molecule has 1 heterocycles. The molecule has 1 aromatic heterocycles. The van der Waals surface area contributed by atoms with E-state index < -0.39 is 0 Å². The number of nitrogens with zero attached hydrogens (tertiary/aromatic N) is 3. The van der Waals surface area contributed by atoms with E-state index in [1.165, 1.54) is 37.1 Å². The molecule has 228 valence electrons. The molecule has 0 radical (unpaired) electrons. The summed E-state index contributed by atoms with van der Waals surface area (Å²) in [7, 11) is 0. The van der Waals surface area contributed by atoms with Crippen LogP contribution in [0, 0.1) is 11.7 Å². The van der Waals surface area contributed by atoms with Gasteiger partial charge in [-0.2, -0.15) is 9.97 Å². The largest absolute Gasteiger partial charge is 0.508 e. The molecule has 0 aliphatic rings. The fourth-order valence-corrected chi connectivity index (χ4v) is 5.04. The number of aromatic nitrogens is 2. The Balaban J connectivity index is 2.32. The van der Waals surface area contributed by atoms with E-state index in [1.54, 1.807) is 0 Å². The first-order valence-corrected chi connectivity index (χ1v) is 15.7. The Labute approximate surface area is 247 Å². The molecule has 0 saturated heterocycles. The number of anilines is 1. The van der Waals surface area contributed by atoms with Gasteiger partial charge in [-0.1, -0.05) is 53.2 Å². The lowest BCUT2D eigenvalue weighted by atomic mass is 10.00. The monoisotopic (exact) mass is 569 g/mol. The van der Waals surface area contributed by atoms with Crippen molar-refractivity contribution in [1.29, 1.82) is 0 Å². The van der Waals surface area contributed by atoms with Gasteiger partial charge in [0.15, 0.2) is 5.78 Å². The maximum Gasteiger partial charge on any atom is 0.318 e. The number of aryl methyl sites for hydroxylation is 1. The highest BCUT2D eigenvalue weighted by Crippen LogP contribution is 2.30. The summed E-state index contributed by atoms with van der Waals surface area (Å²) in [4.78, 5) is 24.0. The zero-order valence-corrected chi connectivity index (χ0v) is 26.1. The van der Waals surface area contributed by atoms with Crippen molar-refractivity contribution >= 4 is 11.6 Å². The number of ketones is 1. The van der Waals surface area contributed by atoms with Crippen molar-refractivity contribution in [2.24, 2.45) is 5.92 Å². The molecule has 2 atom stereocenters. The molecule has 0 bridgehead atoms. The van der Waals surface area contributed by atoms with Crippen LogP contribution < -0.4 is 9.64 Å². The predicted molar refractivity (Wildman–Crippen MR) is 166 cm³/mol. The van der Waals surface area contributed by atoms with Gasteiger partial charge in [0.1, 0.15) is 17.4 Å². The van der Waals surface area contributed by atoms with Gasteiger partial charge in [0, 0.05) is 30.1 Å². The molecule has 2 aromatic rings. The van der Waals surface area contributed by atoms with Gasteiger partial charge >= 0.3 is 6.01 Å². The molecule has 0 amide bonds. The highest BCUT2D eigenvalue weighted by Gasteiger charge is 2.23. The van der Waals surface area contributed by atoms with Crippen LogP contribution in [0.4, 0.5) is 10.2 Å². The molecule has 41 heavy (non-hydrogen) atoms. The summed E-state index contributed by atoms with van der Waals surface area (Å²) in [6.07, 6.45) is 11.5. The minimum atomic E-state index is -0.365. The number of hydrogen-bond donors (Lipinski definition) is 1. The van der Waals surface area contributed by atoms with Gasteiger partial charge in [-0.3, -0.25) is 4.79 Å². The Bertz CT molecular complexity index is 1070. The third-order valence-corrected chi connectivity index (χ3v) is 7.83. The van der Waals surface area contributed by atoms with Crippen molar-refractivity contribution in [2.45, 2.75) is 118 Å². The van der Waals surface area contributed by atoms with E-state index in [2.05, 4.69) is 46.1 Å². The topological polar surface area (TPSA) is 75.6 Å². The number of benzene rings is 1. The van der Waals surface area contributed by atoms with Crippen LogP contribution in [0.1, 0.15) is 109 Å². The van der Waals surface area contributed by atoms with Crippen molar-refractivity contribution in [1.82, 2.24) is 9.97 Å². The second-order valence-corrected chi connectivity index (χ2v) is 11.2. The molecule has 0 aliphatic carbocycles. The molecule has 0 aliphatic heterocycles. The SMILES string of the molecule is C=CC(=O)CCCCN(c1nc(OC[C@@H](C)CCCC)nc(CC)c1CCCCc1c(O)cccc1F)[C@@H](C)CC. The molecule has 2 rings (SSSR count). The summed E-state index contributed by atoms with van der Waals surface area (Å²) in [6, 6.07) is 5.13. The van der Waals surface area contributed by atoms with Crippen LogP contribution in [-0.2, 0) is 24.1 Å². The van der Waals surface area contributed by atoms with E-state index in [9.17, 15) is 14.3 Å². The van der Waals surface area contributed by atoms with Crippen LogP contribution in [0.3, 0.4) is 0 Å². The summed E-state index contributed by atoms with van der Waals surface area (Å²) < 4.78 is 20.4. The second kappa shape index (κ2) is 18.5. The summed E-state index contributed by atoms with van der Waals surface area (Å²) in [5, 5.41) is 10.1. The Morgan fingerprint density at radius 1 is 1.07 bits per heavy atom. The van der Waals surface area contributed by atoms with Gasteiger partial charge in [-0.25, -0.2) is 4.39 Å². The Morgan fingerprint density at radius 2 is 1.80 bits per heavy atom. The van der Waals surface area contributed by atoms with Crippen LogP contribution >= 0.6 is 0 Å². The average molecular weight is 570 g/mol. The average Bonchev–Trinajstić information content (AvgIpc) is 2.97. The van der Waals surface area contributed by atoms with Crippen LogP contribution in [0.15, 0.2) is 30.9 Å². The molecule has 1 aromatic carbocycles. The highest BCUT2D eigenvalue weighted by atomic mass is 19.1. The van der Waals surface area contributed by atoms with Gasteiger partial charge in [0.25, 0.3) is 0 Å². The third-order valence-electron chi connectivity index (χ3n) is 7.83. The van der Waals surface area contributed by atoms with E-state index in [-0.39, 0.29) is 23.4 Å². The maximum absolute atomic E-state index is 14.3. The number of carbonyl (C=O) groups excluding carboxylic acids is 1. The van der Waals surface area contributed by atoms with Crippen molar-refractivity contribution in [2.75, 3.05) is 18.1 Å². The van der Waals surface area contributed by atoms with Crippen LogP contribution in [0.2, 0.25) is 0 Å². The summed E-state index contributed by atoms with van der Waals surface area (Å²) in [6.45, 7) is 15.8. The number of aromatic hydroxyl groups is 1. The number of ether oxygens (including phenoxy) is 1. The lowest BCUT2D eigenvalue weighted by Crippen LogP contribution is -2.35. The number of phenols is 1. The molecule has 0 fully saturated rings. The number of phenolic OH excluding ortho intramolecular Hbond substituents is 1. The molecule has 0 saturated carbocycles. The van der Waals surface area contributed by atoms with Crippen molar-refractivity contribution in [3.05, 3.63) is 53.5 Å². The molecule has 7 heteroatoms. The number of hydrogen-bond acceptors (Lipinski definition) is 6. The Morgan fingerprint density at radius 3 is 2.44 bits per heavy atom. The van der Waals surface area contributed by atoms with E-state index in [0.717, 1.165) is 75.0 Å². The number of unbranched alkanes of at least 4 members (excludes halogenated alkanes) is 3. The summed E-state index contributed by atoms with van der Waals surface area (Å²) in [5.74, 6) is 1.05. The first-order valence-electron chi connectivity index (χ1n) is 15.7. The molecule has 1 N–H and O–H groups in total. The zero-order valence-electron chi connectivity index (χ0n) is 26.1. The summed E-state index contributed by atoms with van der Waals surface area (Å²) in [5.41, 5.74) is 2.46. The van der Waals surface area contributed by atoms with Crippen LogP contribution in [0.25, 0.3) is 0 Å². The third kappa shape index (κ3) is 11.1. The zero-order chi connectivity index (χ0) is 30.2. The van der Waals surface area contributed by atoms with E-state index in [4.69, 9.17) is 14.7 Å². The van der Waals surface area contributed by atoms with E-state index in [1.807, 2.05) is 0 Å². The number of allylic oxidation sites excluding steroid dienone is 1. The lowest BCUT2D eigenvalue weighted by molar-refractivity contribution is -0.114. The first kappa shape index (κ1) is 34.2. The smallest absolute Gasteiger partial charge is 0.318 e. The Kier molecular flexibility index (Phi) is 15.4. The molecular weight excluding hydrogens is 517 g/mol. The molecular formula is C34H52FN3O3. The quantitative estimate of drug-likeness (QED) is 0.121. The first-order chi connectivity index (χ1) is 19.7. The molecule has 0 spiro atoms. The van der Waals surface area contributed by atoms with Crippen molar-refractivity contribution in [3.8, 4) is 11.8 Å². The highest BCUT2D eigenvalue weighted by molar-refractivity contribution is 5.88. The fourth-order valence-electron chi connectivity index (χ4n) is 5.04. The van der Waals surface area contributed by atoms with E-state index >= 15 is 0 Å². The summed E-state index contributed by atoms with van der Waals surface area (Å²) >= 11 is 0. The van der Waals surface area contributed by atoms with Gasteiger partial charge in [-0.05, 0) is 88.8 Å². The number of rotatable bonds is 21. The maximum atomic E-state index is 14.3. The lowest BCUT2D eigenvalue weighted by Gasteiger charge is -2.32. The van der Waals surface area contributed by atoms with Gasteiger partial charge in [0.05, 0.1) is 12.3 Å². The predicted octanol–water partition coefficient (Wildman–Crippen LogP) is 8.18. The molecule has 0 unspecified atom stereocenters. The van der Waals surface area contributed by atoms with Crippen LogP contribution in [-0.4, -0.2) is 40.1 Å². The minimum Gasteiger partial charge on any atom is -0.508 e. The molecule has 6 nitrogen and oxygen atoms in total. The second-order valence-electron chi connectivity index (χ2n) is 11.2. The normalized spacial score (nSPS) is 12.6. The van der Waals surface area contributed by atoms with Crippen molar-refractivity contribution < 1.29 is 19.0 Å². The fraction of sp³-hybridized carbons (Fsp3) is 0.618. The van der Waals surface area contributed by atoms with Crippen LogP contribution in [0.5, 0.6) is 11.8 Å².